The van der Waals surface area contributed by atoms with Gasteiger partial charge in [-0.05, 0) is 24.1 Å². The molecule has 68 valence electrons. The second-order valence-corrected chi connectivity index (χ2v) is 2.84. The van der Waals surface area contributed by atoms with Crippen LogP contribution in [0.4, 0.5) is 0 Å². The van der Waals surface area contributed by atoms with Gasteiger partial charge < -0.3 is 9.90 Å². The Kier molecular flexibility index (Phi) is 2.80. The van der Waals surface area contributed by atoms with Crippen molar-refractivity contribution in [1.82, 2.24) is 0 Å². The smallest absolute Gasteiger partial charge is 0.153 e. The maximum atomic E-state index is 10.5. The number of phenols is 1. The van der Waals surface area contributed by atoms with Gasteiger partial charge in [0, 0.05) is 6.42 Å². The van der Waals surface area contributed by atoms with Gasteiger partial charge in [0.2, 0.25) is 0 Å². The van der Waals surface area contributed by atoms with Gasteiger partial charge in [0.05, 0.1) is 5.56 Å². The highest BCUT2D eigenvalue weighted by molar-refractivity contribution is 5.80. The number of hydrogen-bond donors (Lipinski definition) is 1. The maximum absolute atomic E-state index is 10.5. The minimum absolute atomic E-state index is 0.00958. The van der Waals surface area contributed by atoms with Crippen molar-refractivity contribution in [2.24, 2.45) is 0 Å². The molecule has 0 aliphatic carbocycles. The van der Waals surface area contributed by atoms with E-state index in [2.05, 4.69) is 0 Å². The van der Waals surface area contributed by atoms with Gasteiger partial charge in [-0.25, -0.2) is 0 Å². The van der Waals surface area contributed by atoms with Gasteiger partial charge in [0.25, 0.3) is 0 Å². The molecule has 0 heterocycles. The fourth-order valence-electron chi connectivity index (χ4n) is 1.19. The van der Waals surface area contributed by atoms with Crippen LogP contribution in [0, 0.1) is 6.92 Å². The minimum atomic E-state index is -0.00958. The third-order valence-electron chi connectivity index (χ3n) is 1.84. The summed E-state index contributed by atoms with van der Waals surface area (Å²) in [4.78, 5) is 20.7. The van der Waals surface area contributed by atoms with Gasteiger partial charge in [0.1, 0.15) is 12.0 Å². The summed E-state index contributed by atoms with van der Waals surface area (Å²) in [5.74, 6) is -0.00958. The van der Waals surface area contributed by atoms with Crippen molar-refractivity contribution in [3.63, 3.8) is 0 Å². The van der Waals surface area contributed by atoms with E-state index in [0.29, 0.717) is 11.8 Å². The summed E-state index contributed by atoms with van der Waals surface area (Å²) in [5, 5.41) is 9.37. The molecule has 13 heavy (non-hydrogen) atoms. The summed E-state index contributed by atoms with van der Waals surface area (Å²) >= 11 is 0. The molecule has 0 saturated carbocycles. The van der Waals surface area contributed by atoms with Crippen molar-refractivity contribution in [1.29, 1.82) is 0 Å². The largest absolute Gasteiger partial charge is 0.507 e. The van der Waals surface area contributed by atoms with E-state index in [4.69, 9.17) is 0 Å². The summed E-state index contributed by atoms with van der Waals surface area (Å²) in [6.07, 6.45) is 1.61. The lowest BCUT2D eigenvalue weighted by atomic mass is 10.0. The number of carbonyl (C=O) groups excluding carboxylic acids is 2. The average molecular weight is 178 g/mol. The minimum Gasteiger partial charge on any atom is -0.507 e. The Labute approximate surface area is 76.0 Å². The second-order valence-electron chi connectivity index (χ2n) is 2.84. The Hall–Kier alpha value is -1.64. The number of phenolic OH excluding ortho intramolecular Hbond substituents is 1. The highest BCUT2D eigenvalue weighted by Crippen LogP contribution is 2.22. The zero-order valence-electron chi connectivity index (χ0n) is 7.28. The Balaban J connectivity index is 3.21. The lowest BCUT2D eigenvalue weighted by Crippen LogP contribution is -1.92. The van der Waals surface area contributed by atoms with Crippen molar-refractivity contribution in [3.05, 3.63) is 28.8 Å². The molecule has 0 radical (unpaired) electrons. The first kappa shape index (κ1) is 9.45. The lowest BCUT2D eigenvalue weighted by molar-refractivity contribution is -0.107. The predicted octanol–water partition coefficient (Wildman–Crippen LogP) is 1.25. The van der Waals surface area contributed by atoms with Crippen molar-refractivity contribution in [3.8, 4) is 5.75 Å². The number of aromatic hydroxyl groups is 1. The predicted molar refractivity (Wildman–Crippen MR) is 48.0 cm³/mol. The van der Waals surface area contributed by atoms with Crippen molar-refractivity contribution in [2.45, 2.75) is 13.3 Å². The van der Waals surface area contributed by atoms with Crippen molar-refractivity contribution < 1.29 is 14.7 Å². The molecule has 1 rings (SSSR count). The Morgan fingerprint density at radius 3 is 2.62 bits per heavy atom. The van der Waals surface area contributed by atoms with Crippen LogP contribution in [0.5, 0.6) is 5.75 Å². The zero-order valence-corrected chi connectivity index (χ0v) is 7.28. The third-order valence-corrected chi connectivity index (χ3v) is 1.84. The summed E-state index contributed by atoms with van der Waals surface area (Å²) < 4.78 is 0. The standard InChI is InChI=1S/C10H10O3/c1-7-4-8(2-3-11)5-9(6-12)10(7)13/h3-6,13H,2H2,1H3. The maximum Gasteiger partial charge on any atom is 0.153 e. The van der Waals surface area contributed by atoms with Crippen LogP contribution < -0.4 is 0 Å². The van der Waals surface area contributed by atoms with E-state index in [0.717, 1.165) is 11.8 Å². The molecule has 0 saturated heterocycles. The third kappa shape index (κ3) is 1.93. The monoisotopic (exact) mass is 178 g/mol. The van der Waals surface area contributed by atoms with E-state index in [1.165, 1.54) is 6.07 Å². The number of carbonyl (C=O) groups is 2. The van der Waals surface area contributed by atoms with Crippen LogP contribution in [0.3, 0.4) is 0 Å². The van der Waals surface area contributed by atoms with E-state index in [-0.39, 0.29) is 17.7 Å². The molecule has 0 aliphatic heterocycles. The number of aryl methyl sites for hydroxylation is 1. The molecule has 1 aromatic carbocycles. The summed E-state index contributed by atoms with van der Waals surface area (Å²) in [5.41, 5.74) is 1.59. The van der Waals surface area contributed by atoms with Gasteiger partial charge in [-0.15, -0.1) is 0 Å². The van der Waals surface area contributed by atoms with E-state index in [1.54, 1.807) is 13.0 Å². The first-order chi connectivity index (χ1) is 6.19. The van der Waals surface area contributed by atoms with Crippen LogP contribution in [0.15, 0.2) is 12.1 Å². The second kappa shape index (κ2) is 3.85. The fourth-order valence-corrected chi connectivity index (χ4v) is 1.19. The molecule has 3 nitrogen and oxygen atoms in total. The average Bonchev–Trinajstić information content (AvgIpc) is 2.11. The van der Waals surface area contributed by atoms with Crippen molar-refractivity contribution in [2.75, 3.05) is 0 Å². The first-order valence-corrected chi connectivity index (χ1v) is 3.90. The van der Waals surface area contributed by atoms with E-state index in [1.807, 2.05) is 0 Å². The highest BCUT2D eigenvalue weighted by atomic mass is 16.3. The Bertz CT molecular complexity index is 342. The van der Waals surface area contributed by atoms with Gasteiger partial charge >= 0.3 is 0 Å². The zero-order chi connectivity index (χ0) is 9.84. The highest BCUT2D eigenvalue weighted by Gasteiger charge is 2.05. The van der Waals surface area contributed by atoms with E-state index in [9.17, 15) is 14.7 Å². The SMILES string of the molecule is Cc1cc(CC=O)cc(C=O)c1O. The van der Waals surface area contributed by atoms with Crippen LogP contribution in [-0.4, -0.2) is 17.7 Å². The van der Waals surface area contributed by atoms with Crippen LogP contribution in [0.25, 0.3) is 0 Å². The quantitative estimate of drug-likeness (QED) is 0.709. The molecule has 0 fully saturated rings. The summed E-state index contributed by atoms with van der Waals surface area (Å²) in [6.45, 7) is 1.69. The Morgan fingerprint density at radius 1 is 1.38 bits per heavy atom. The molecule has 0 aliphatic rings. The molecule has 0 bridgehead atoms. The molecular formula is C10H10O3. The molecule has 0 atom stereocenters. The van der Waals surface area contributed by atoms with Gasteiger partial charge in [0.15, 0.2) is 6.29 Å². The summed E-state index contributed by atoms with van der Waals surface area (Å²) in [6, 6.07) is 3.21. The molecule has 0 spiro atoms. The molecule has 3 heteroatoms. The van der Waals surface area contributed by atoms with Crippen molar-refractivity contribution >= 4 is 12.6 Å². The lowest BCUT2D eigenvalue weighted by Gasteiger charge is -2.04. The van der Waals surface area contributed by atoms with Gasteiger partial charge in [-0.1, -0.05) is 6.07 Å². The summed E-state index contributed by atoms with van der Waals surface area (Å²) in [7, 11) is 0. The molecule has 0 unspecified atom stereocenters. The van der Waals surface area contributed by atoms with Crippen LogP contribution in [-0.2, 0) is 11.2 Å². The van der Waals surface area contributed by atoms with Gasteiger partial charge in [-0.2, -0.15) is 0 Å². The van der Waals surface area contributed by atoms with Crippen LogP contribution in [0.2, 0.25) is 0 Å². The number of aldehydes is 2. The van der Waals surface area contributed by atoms with Crippen LogP contribution >= 0.6 is 0 Å². The first-order valence-electron chi connectivity index (χ1n) is 3.90. The van der Waals surface area contributed by atoms with Crippen LogP contribution in [0.1, 0.15) is 21.5 Å². The van der Waals surface area contributed by atoms with Gasteiger partial charge in [-0.3, -0.25) is 4.79 Å². The molecule has 1 aromatic rings. The Morgan fingerprint density at radius 2 is 2.08 bits per heavy atom. The molecule has 1 N–H and O–H groups in total. The normalized spacial score (nSPS) is 9.62. The van der Waals surface area contributed by atoms with E-state index < -0.39 is 0 Å². The number of benzene rings is 1. The van der Waals surface area contributed by atoms with E-state index >= 15 is 0 Å². The molecule has 0 amide bonds. The molecule has 0 aromatic heterocycles. The molecular weight excluding hydrogens is 168 g/mol. The number of hydrogen-bond acceptors (Lipinski definition) is 3. The fraction of sp³-hybridized carbons (Fsp3) is 0.200. The topological polar surface area (TPSA) is 54.4 Å². The number of rotatable bonds is 3.